The summed E-state index contributed by atoms with van der Waals surface area (Å²) in [5.74, 6) is -1.46. The van der Waals surface area contributed by atoms with Crippen molar-refractivity contribution in [1.82, 2.24) is 0 Å². The van der Waals surface area contributed by atoms with E-state index < -0.39 is 17.7 Å². The molecule has 1 N–H and O–H groups in total. The van der Waals surface area contributed by atoms with Crippen LogP contribution in [0.5, 0.6) is 5.75 Å². The molecule has 0 fully saturated rings. The summed E-state index contributed by atoms with van der Waals surface area (Å²) in [5, 5.41) is 2.65. The molecule has 0 bridgehead atoms. The topological polar surface area (TPSA) is 64.6 Å². The van der Waals surface area contributed by atoms with Gasteiger partial charge in [-0.1, -0.05) is 15.9 Å². The van der Waals surface area contributed by atoms with E-state index in [1.165, 1.54) is 19.2 Å². The molecule has 0 unspecified atom stereocenters. The Morgan fingerprint density at radius 3 is 2.58 bits per heavy atom. The Labute approximate surface area is 146 Å². The summed E-state index contributed by atoms with van der Waals surface area (Å²) in [7, 11) is 1.30. The van der Waals surface area contributed by atoms with E-state index in [1.807, 2.05) is 0 Å². The van der Waals surface area contributed by atoms with Gasteiger partial charge >= 0.3 is 5.97 Å². The van der Waals surface area contributed by atoms with Crippen LogP contribution in [0.1, 0.15) is 15.9 Å². The minimum Gasteiger partial charge on any atom is -0.481 e. The first-order valence-corrected chi connectivity index (χ1v) is 7.76. The molecule has 7 heteroatoms. The second-order valence-electron chi connectivity index (χ2n) is 4.93. The molecule has 2 rings (SSSR count). The van der Waals surface area contributed by atoms with Crippen molar-refractivity contribution in [1.29, 1.82) is 0 Å². The third-order valence-corrected chi connectivity index (χ3v) is 3.67. The highest BCUT2D eigenvalue weighted by molar-refractivity contribution is 9.10. The van der Waals surface area contributed by atoms with Gasteiger partial charge in [0.1, 0.15) is 0 Å². The van der Waals surface area contributed by atoms with Crippen molar-refractivity contribution in [3.8, 4) is 5.75 Å². The maximum absolute atomic E-state index is 13.6. The fraction of sp³-hybridized carbons (Fsp3) is 0.176. The summed E-state index contributed by atoms with van der Waals surface area (Å²) in [6.07, 6.45) is 0. The van der Waals surface area contributed by atoms with Gasteiger partial charge in [-0.2, -0.15) is 0 Å². The third-order valence-electron chi connectivity index (χ3n) is 3.17. The maximum atomic E-state index is 13.6. The lowest BCUT2D eigenvalue weighted by Crippen LogP contribution is -2.21. The summed E-state index contributed by atoms with van der Waals surface area (Å²) >= 11 is 3.14. The zero-order valence-electron chi connectivity index (χ0n) is 13.1. The minimum atomic E-state index is -0.559. The van der Waals surface area contributed by atoms with Crippen molar-refractivity contribution in [3.63, 3.8) is 0 Å². The SMILES string of the molecule is COC(=O)c1ccc(NC(=O)COc2ccc(Br)cc2F)c(C)c1. The number of hydrogen-bond donors (Lipinski definition) is 1. The van der Waals surface area contributed by atoms with Gasteiger partial charge in [-0.3, -0.25) is 4.79 Å². The lowest BCUT2D eigenvalue weighted by molar-refractivity contribution is -0.118. The van der Waals surface area contributed by atoms with E-state index in [0.29, 0.717) is 21.3 Å². The zero-order valence-corrected chi connectivity index (χ0v) is 14.6. The number of nitrogens with one attached hydrogen (secondary N) is 1. The predicted octanol–water partition coefficient (Wildman–Crippen LogP) is 3.70. The number of methoxy groups -OCH3 is 1. The van der Waals surface area contributed by atoms with Crippen LogP contribution in [-0.4, -0.2) is 25.6 Å². The first-order chi connectivity index (χ1) is 11.4. The predicted molar refractivity (Wildman–Crippen MR) is 90.7 cm³/mol. The van der Waals surface area contributed by atoms with Crippen molar-refractivity contribution in [3.05, 3.63) is 57.8 Å². The van der Waals surface area contributed by atoms with Crippen LogP contribution in [0, 0.1) is 12.7 Å². The van der Waals surface area contributed by atoms with E-state index in [-0.39, 0.29) is 12.4 Å². The lowest BCUT2D eigenvalue weighted by atomic mass is 10.1. The van der Waals surface area contributed by atoms with Crippen LogP contribution in [0.4, 0.5) is 10.1 Å². The summed E-state index contributed by atoms with van der Waals surface area (Å²) in [5.41, 5.74) is 1.62. The molecule has 0 aromatic heterocycles. The highest BCUT2D eigenvalue weighted by Crippen LogP contribution is 2.21. The molecular weight excluding hydrogens is 381 g/mol. The van der Waals surface area contributed by atoms with Gasteiger partial charge in [0.2, 0.25) is 0 Å². The Morgan fingerprint density at radius 2 is 1.96 bits per heavy atom. The molecule has 0 radical (unpaired) electrons. The monoisotopic (exact) mass is 395 g/mol. The number of benzene rings is 2. The Kier molecular flexibility index (Phi) is 5.92. The van der Waals surface area contributed by atoms with E-state index in [2.05, 4.69) is 26.0 Å². The van der Waals surface area contributed by atoms with Gasteiger partial charge in [-0.05, 0) is 48.9 Å². The van der Waals surface area contributed by atoms with Gasteiger partial charge in [0, 0.05) is 10.2 Å². The van der Waals surface area contributed by atoms with Crippen LogP contribution in [0.3, 0.4) is 0 Å². The lowest BCUT2D eigenvalue weighted by Gasteiger charge is -2.11. The molecule has 0 aliphatic carbocycles. The Hall–Kier alpha value is -2.41. The number of rotatable bonds is 5. The molecule has 0 saturated heterocycles. The Morgan fingerprint density at radius 1 is 1.21 bits per heavy atom. The summed E-state index contributed by atoms with van der Waals surface area (Å²) < 4.78 is 24.0. The van der Waals surface area contributed by atoms with Crippen LogP contribution < -0.4 is 10.1 Å². The number of ether oxygens (including phenoxy) is 2. The molecule has 0 heterocycles. The van der Waals surface area contributed by atoms with Gasteiger partial charge in [0.25, 0.3) is 5.91 Å². The smallest absolute Gasteiger partial charge is 0.337 e. The van der Waals surface area contributed by atoms with Crippen LogP contribution in [0.2, 0.25) is 0 Å². The summed E-state index contributed by atoms with van der Waals surface area (Å²) in [4.78, 5) is 23.4. The highest BCUT2D eigenvalue weighted by Gasteiger charge is 2.11. The molecule has 24 heavy (non-hydrogen) atoms. The largest absolute Gasteiger partial charge is 0.481 e. The molecular formula is C17H15BrFNO4. The quantitative estimate of drug-likeness (QED) is 0.783. The van der Waals surface area contributed by atoms with E-state index in [4.69, 9.17) is 4.74 Å². The Bertz CT molecular complexity index is 779. The molecule has 2 aromatic carbocycles. The van der Waals surface area contributed by atoms with Gasteiger partial charge in [-0.25, -0.2) is 9.18 Å². The molecule has 0 aliphatic rings. The van der Waals surface area contributed by atoms with E-state index in [0.717, 1.165) is 0 Å². The number of halogens is 2. The standard InChI is InChI=1S/C17H15BrFNO4/c1-10-7-11(17(22)23-2)3-5-14(10)20-16(21)9-24-15-6-4-12(18)8-13(15)19/h3-8H,9H2,1-2H3,(H,20,21). The second-order valence-corrected chi connectivity index (χ2v) is 5.85. The van der Waals surface area contributed by atoms with Gasteiger partial charge in [-0.15, -0.1) is 0 Å². The second kappa shape index (κ2) is 7.92. The van der Waals surface area contributed by atoms with Crippen molar-refractivity contribution >= 4 is 33.5 Å². The van der Waals surface area contributed by atoms with Gasteiger partial charge < -0.3 is 14.8 Å². The number of amides is 1. The van der Waals surface area contributed by atoms with Crippen molar-refractivity contribution in [2.24, 2.45) is 0 Å². The molecule has 0 spiro atoms. The fourth-order valence-corrected chi connectivity index (χ4v) is 2.30. The molecule has 0 atom stereocenters. The normalized spacial score (nSPS) is 10.2. The van der Waals surface area contributed by atoms with Crippen molar-refractivity contribution < 1.29 is 23.5 Å². The first kappa shape index (κ1) is 17.9. The zero-order chi connectivity index (χ0) is 17.7. The van der Waals surface area contributed by atoms with Gasteiger partial charge in [0.15, 0.2) is 18.2 Å². The first-order valence-electron chi connectivity index (χ1n) is 6.97. The van der Waals surface area contributed by atoms with Crippen LogP contribution in [0.15, 0.2) is 40.9 Å². The van der Waals surface area contributed by atoms with Crippen molar-refractivity contribution in [2.75, 3.05) is 19.0 Å². The fourth-order valence-electron chi connectivity index (χ4n) is 1.97. The number of hydrogen-bond acceptors (Lipinski definition) is 4. The molecule has 0 aliphatic heterocycles. The van der Waals surface area contributed by atoms with Gasteiger partial charge in [0.05, 0.1) is 12.7 Å². The average Bonchev–Trinajstić information content (AvgIpc) is 2.55. The van der Waals surface area contributed by atoms with Crippen LogP contribution in [0.25, 0.3) is 0 Å². The molecule has 2 aromatic rings. The highest BCUT2D eigenvalue weighted by atomic mass is 79.9. The summed E-state index contributed by atoms with van der Waals surface area (Å²) in [6.45, 7) is 1.41. The van der Waals surface area contributed by atoms with E-state index in [1.54, 1.807) is 31.2 Å². The maximum Gasteiger partial charge on any atom is 0.337 e. The third kappa shape index (κ3) is 4.55. The number of anilines is 1. The average molecular weight is 396 g/mol. The number of carbonyl (C=O) groups excluding carboxylic acids is 2. The number of carbonyl (C=O) groups is 2. The van der Waals surface area contributed by atoms with Crippen LogP contribution in [-0.2, 0) is 9.53 Å². The molecule has 126 valence electrons. The van der Waals surface area contributed by atoms with Crippen molar-refractivity contribution in [2.45, 2.75) is 6.92 Å². The van der Waals surface area contributed by atoms with Crippen LogP contribution >= 0.6 is 15.9 Å². The van der Waals surface area contributed by atoms with E-state index in [9.17, 15) is 14.0 Å². The summed E-state index contributed by atoms with van der Waals surface area (Å²) in [6, 6.07) is 9.05. The molecule has 5 nitrogen and oxygen atoms in total. The number of aryl methyl sites for hydroxylation is 1. The Balaban J connectivity index is 1.98. The minimum absolute atomic E-state index is 0.00823. The number of esters is 1. The molecule has 0 saturated carbocycles. The van der Waals surface area contributed by atoms with E-state index >= 15 is 0 Å². The molecule has 1 amide bonds.